The lowest BCUT2D eigenvalue weighted by Gasteiger charge is -2.28. The van der Waals surface area contributed by atoms with Crippen LogP contribution >= 0.6 is 11.6 Å². The van der Waals surface area contributed by atoms with Crippen LogP contribution in [-0.4, -0.2) is 53.3 Å². The maximum absolute atomic E-state index is 13.6. The molecule has 198 valence electrons. The predicted molar refractivity (Wildman–Crippen MR) is 148 cm³/mol. The van der Waals surface area contributed by atoms with Crippen molar-refractivity contribution in [3.8, 4) is 0 Å². The van der Waals surface area contributed by atoms with Gasteiger partial charge in [-0.1, -0.05) is 41.9 Å². The number of para-hydroxylation sites is 1. The average Bonchev–Trinajstić information content (AvgIpc) is 3.49. The molecule has 4 aromatic rings. The summed E-state index contributed by atoms with van der Waals surface area (Å²) in [6.45, 7) is 0.257. The van der Waals surface area contributed by atoms with E-state index in [0.29, 0.717) is 22.7 Å². The highest BCUT2D eigenvalue weighted by molar-refractivity contribution is 6.30. The number of hydrogen-bond donors (Lipinski definition) is 1. The molecule has 1 aromatic heterocycles. The first-order chi connectivity index (χ1) is 18.9. The van der Waals surface area contributed by atoms with Crippen LogP contribution in [0.25, 0.3) is 10.9 Å². The Morgan fingerprint density at radius 1 is 1.03 bits per heavy atom. The molecule has 1 N–H and O–H groups in total. The summed E-state index contributed by atoms with van der Waals surface area (Å²) < 4.78 is 4.72. The molecule has 0 radical (unpaired) electrons. The van der Waals surface area contributed by atoms with Gasteiger partial charge in [0, 0.05) is 28.7 Å². The molecule has 3 amide bonds. The number of aromatic amines is 1. The lowest BCUT2D eigenvalue weighted by molar-refractivity contribution is -0.137. The SMILES string of the molecule is COC(=O)c1ccc(N2C(=O)CC(N(CCc3c[nH]c4ccccc34)C(=O)Cc3ccc(Cl)cc3)C2=O)cc1. The second kappa shape index (κ2) is 11.1. The van der Waals surface area contributed by atoms with E-state index in [1.165, 1.54) is 36.3 Å². The topological polar surface area (TPSA) is 99.8 Å². The molecule has 9 heteroatoms. The Labute approximate surface area is 230 Å². The van der Waals surface area contributed by atoms with Gasteiger partial charge in [0.25, 0.3) is 5.91 Å². The van der Waals surface area contributed by atoms with Gasteiger partial charge in [0.2, 0.25) is 11.8 Å². The first kappa shape index (κ1) is 26.2. The number of nitrogens with zero attached hydrogens (tertiary/aromatic N) is 2. The van der Waals surface area contributed by atoms with Gasteiger partial charge >= 0.3 is 5.97 Å². The van der Waals surface area contributed by atoms with Crippen LogP contribution < -0.4 is 4.90 Å². The molecular formula is C30H26ClN3O5. The summed E-state index contributed by atoms with van der Waals surface area (Å²) >= 11 is 6.00. The number of carbonyl (C=O) groups is 4. The van der Waals surface area contributed by atoms with Gasteiger partial charge in [-0.15, -0.1) is 0 Å². The van der Waals surface area contributed by atoms with Crippen molar-refractivity contribution in [3.63, 3.8) is 0 Å². The number of halogens is 1. The Balaban J connectivity index is 1.40. The zero-order valence-corrected chi connectivity index (χ0v) is 22.0. The number of imide groups is 1. The van der Waals surface area contributed by atoms with Gasteiger partial charge in [-0.2, -0.15) is 0 Å². The maximum atomic E-state index is 13.6. The van der Waals surface area contributed by atoms with E-state index in [2.05, 4.69) is 4.98 Å². The molecule has 1 unspecified atom stereocenters. The predicted octanol–water partition coefficient (Wildman–Crippen LogP) is 4.55. The molecule has 2 heterocycles. The molecule has 1 aliphatic heterocycles. The van der Waals surface area contributed by atoms with Crippen LogP contribution in [0.15, 0.2) is 79.0 Å². The van der Waals surface area contributed by atoms with Crippen molar-refractivity contribution in [3.05, 3.63) is 101 Å². The van der Waals surface area contributed by atoms with E-state index in [1.54, 1.807) is 24.3 Å². The Kier molecular flexibility index (Phi) is 7.47. The molecule has 0 saturated carbocycles. The van der Waals surface area contributed by atoms with E-state index >= 15 is 0 Å². The molecule has 1 aliphatic rings. The van der Waals surface area contributed by atoms with Gasteiger partial charge in [0.1, 0.15) is 6.04 Å². The van der Waals surface area contributed by atoms with Gasteiger partial charge < -0.3 is 14.6 Å². The fourth-order valence-corrected chi connectivity index (χ4v) is 5.03. The second-order valence-electron chi connectivity index (χ2n) is 9.33. The summed E-state index contributed by atoms with van der Waals surface area (Å²) in [7, 11) is 1.28. The van der Waals surface area contributed by atoms with Crippen molar-refractivity contribution in [1.29, 1.82) is 0 Å². The van der Waals surface area contributed by atoms with E-state index in [-0.39, 0.29) is 25.3 Å². The molecule has 1 saturated heterocycles. The highest BCUT2D eigenvalue weighted by Crippen LogP contribution is 2.28. The summed E-state index contributed by atoms with van der Waals surface area (Å²) in [5.74, 6) is -1.66. The molecule has 3 aromatic carbocycles. The van der Waals surface area contributed by atoms with Gasteiger partial charge in [-0.3, -0.25) is 14.4 Å². The monoisotopic (exact) mass is 543 g/mol. The summed E-state index contributed by atoms with van der Waals surface area (Å²) in [5.41, 5.74) is 3.40. The largest absolute Gasteiger partial charge is 0.465 e. The van der Waals surface area contributed by atoms with Gasteiger partial charge in [-0.05, 0) is 60.0 Å². The zero-order valence-electron chi connectivity index (χ0n) is 21.2. The Morgan fingerprint density at radius 2 is 1.74 bits per heavy atom. The van der Waals surface area contributed by atoms with Crippen LogP contribution in [0.3, 0.4) is 0 Å². The number of aromatic nitrogens is 1. The fraction of sp³-hybridized carbons (Fsp3) is 0.200. The molecule has 1 fully saturated rings. The van der Waals surface area contributed by atoms with Crippen LogP contribution in [0, 0.1) is 0 Å². The third-order valence-electron chi connectivity index (χ3n) is 6.93. The number of esters is 1. The van der Waals surface area contributed by atoms with Crippen molar-refractivity contribution in [1.82, 2.24) is 9.88 Å². The second-order valence-corrected chi connectivity index (χ2v) is 9.76. The minimum Gasteiger partial charge on any atom is -0.465 e. The van der Waals surface area contributed by atoms with Crippen LogP contribution in [0.2, 0.25) is 5.02 Å². The van der Waals surface area contributed by atoms with E-state index in [0.717, 1.165) is 26.9 Å². The normalized spacial score (nSPS) is 15.1. The summed E-state index contributed by atoms with van der Waals surface area (Å²) in [5, 5.41) is 1.61. The number of benzene rings is 3. The minimum absolute atomic E-state index is 0.0663. The minimum atomic E-state index is -0.942. The third kappa shape index (κ3) is 5.42. The van der Waals surface area contributed by atoms with Crippen LogP contribution in [-0.2, 0) is 32.0 Å². The van der Waals surface area contributed by atoms with E-state index < -0.39 is 23.8 Å². The first-order valence-electron chi connectivity index (χ1n) is 12.5. The lowest BCUT2D eigenvalue weighted by Crippen LogP contribution is -2.47. The summed E-state index contributed by atoms with van der Waals surface area (Å²) in [6.07, 6.45) is 2.35. The standard InChI is InChI=1S/C30H26ClN3O5/c1-39-30(38)20-8-12-23(13-9-20)34-28(36)17-26(29(34)37)33(27(35)16-19-6-10-22(31)11-7-19)15-14-21-18-32-25-5-3-2-4-24(21)25/h2-13,18,26,32H,14-17H2,1H3. The van der Waals surface area contributed by atoms with Crippen molar-refractivity contribution in [2.75, 3.05) is 18.6 Å². The van der Waals surface area contributed by atoms with Crippen molar-refractivity contribution in [2.45, 2.75) is 25.3 Å². The number of methoxy groups -OCH3 is 1. The van der Waals surface area contributed by atoms with E-state index in [1.807, 2.05) is 30.5 Å². The highest BCUT2D eigenvalue weighted by Gasteiger charge is 2.44. The molecule has 0 bridgehead atoms. The molecule has 0 aliphatic carbocycles. The molecular weight excluding hydrogens is 518 g/mol. The third-order valence-corrected chi connectivity index (χ3v) is 7.18. The number of carbonyl (C=O) groups excluding carboxylic acids is 4. The Bertz CT molecular complexity index is 1550. The molecule has 5 rings (SSSR count). The van der Waals surface area contributed by atoms with Crippen LogP contribution in [0.1, 0.15) is 27.9 Å². The average molecular weight is 544 g/mol. The molecule has 39 heavy (non-hydrogen) atoms. The molecule has 1 atom stereocenters. The number of nitrogens with one attached hydrogen (secondary N) is 1. The van der Waals surface area contributed by atoms with Crippen molar-refractivity contribution in [2.24, 2.45) is 0 Å². The smallest absolute Gasteiger partial charge is 0.337 e. The van der Waals surface area contributed by atoms with Crippen LogP contribution in [0.5, 0.6) is 0 Å². The maximum Gasteiger partial charge on any atom is 0.337 e. The van der Waals surface area contributed by atoms with Crippen LogP contribution in [0.4, 0.5) is 5.69 Å². The van der Waals surface area contributed by atoms with E-state index in [9.17, 15) is 19.2 Å². The number of fused-ring (bicyclic) bond motifs is 1. The quantitative estimate of drug-likeness (QED) is 0.259. The van der Waals surface area contributed by atoms with Crippen molar-refractivity contribution >= 4 is 51.9 Å². The Hall–Kier alpha value is -4.43. The van der Waals surface area contributed by atoms with Gasteiger partial charge in [-0.25, -0.2) is 9.69 Å². The number of H-pyrrole nitrogens is 1. The zero-order chi connectivity index (χ0) is 27.5. The van der Waals surface area contributed by atoms with Gasteiger partial charge in [0.15, 0.2) is 0 Å². The molecule has 8 nitrogen and oxygen atoms in total. The van der Waals surface area contributed by atoms with Crippen molar-refractivity contribution < 1.29 is 23.9 Å². The number of hydrogen-bond acceptors (Lipinski definition) is 5. The van der Waals surface area contributed by atoms with Gasteiger partial charge in [0.05, 0.1) is 31.2 Å². The van der Waals surface area contributed by atoms with E-state index in [4.69, 9.17) is 16.3 Å². The number of ether oxygens (including phenoxy) is 1. The Morgan fingerprint density at radius 3 is 2.46 bits per heavy atom. The summed E-state index contributed by atoms with van der Waals surface area (Å²) in [6, 6.07) is 19.9. The molecule has 0 spiro atoms. The summed E-state index contributed by atoms with van der Waals surface area (Å²) in [4.78, 5) is 57.9. The highest BCUT2D eigenvalue weighted by atomic mass is 35.5. The fourth-order valence-electron chi connectivity index (χ4n) is 4.91. The number of amides is 3. The lowest BCUT2D eigenvalue weighted by atomic mass is 10.1. The first-order valence-corrected chi connectivity index (χ1v) is 12.9. The number of rotatable bonds is 8. The number of anilines is 1.